The lowest BCUT2D eigenvalue weighted by atomic mass is 10.0. The van der Waals surface area contributed by atoms with E-state index in [9.17, 15) is 26.4 Å². The van der Waals surface area contributed by atoms with Crippen LogP contribution in [-0.2, 0) is 35.9 Å². The molecule has 2 heterocycles. The zero-order chi connectivity index (χ0) is 24.0. The maximum absolute atomic E-state index is 12.6. The van der Waals surface area contributed by atoms with Gasteiger partial charge in [-0.25, -0.2) is 21.1 Å². The molecule has 0 atom stereocenters. The number of aromatic nitrogens is 1. The number of fused-ring (bicyclic) bond motifs is 1. The van der Waals surface area contributed by atoms with Crippen LogP contribution in [0, 0.1) is 6.92 Å². The summed E-state index contributed by atoms with van der Waals surface area (Å²) in [5.74, 6) is -1.58. The highest BCUT2D eigenvalue weighted by atomic mass is 32.2. The van der Waals surface area contributed by atoms with E-state index in [0.717, 1.165) is 10.6 Å². The number of benzene rings is 1. The van der Waals surface area contributed by atoms with E-state index >= 15 is 0 Å². The molecule has 1 amide bonds. The number of aromatic amines is 1. The van der Waals surface area contributed by atoms with E-state index in [1.807, 2.05) is 0 Å². The molecule has 0 aliphatic carbocycles. The fourth-order valence-corrected chi connectivity index (χ4v) is 5.81. The summed E-state index contributed by atoms with van der Waals surface area (Å²) in [7, 11) is -4.63. The monoisotopic (exact) mass is 481 g/mol. The van der Waals surface area contributed by atoms with Gasteiger partial charge in [-0.1, -0.05) is 0 Å². The van der Waals surface area contributed by atoms with Crippen LogP contribution in [0.15, 0.2) is 28.0 Å². The molecule has 0 unspecified atom stereocenters. The van der Waals surface area contributed by atoms with Gasteiger partial charge in [-0.15, -0.1) is 0 Å². The van der Waals surface area contributed by atoms with Gasteiger partial charge in [0.05, 0.1) is 15.4 Å². The summed E-state index contributed by atoms with van der Waals surface area (Å²) in [5, 5.41) is 11.7. The number of aliphatic carboxylic acids is 1. The number of nitrogens with zero attached hydrogens (tertiary/aromatic N) is 1. The average Bonchev–Trinajstić information content (AvgIpc) is 3.15. The van der Waals surface area contributed by atoms with Crippen LogP contribution in [0.4, 0.5) is 5.69 Å². The molecule has 3 N–H and O–H groups in total. The summed E-state index contributed by atoms with van der Waals surface area (Å²) in [6, 6.07) is 4.24. The van der Waals surface area contributed by atoms with Gasteiger partial charge in [0.15, 0.2) is 9.84 Å². The molecule has 0 radical (unpaired) electrons. The molecule has 0 saturated carbocycles. The van der Waals surface area contributed by atoms with Gasteiger partial charge in [-0.2, -0.15) is 0 Å². The molecule has 172 valence electrons. The highest BCUT2D eigenvalue weighted by Crippen LogP contribution is 2.36. The first-order valence-electron chi connectivity index (χ1n) is 9.46. The summed E-state index contributed by atoms with van der Waals surface area (Å²) >= 11 is 0. The molecule has 3 rings (SSSR count). The lowest BCUT2D eigenvalue weighted by Gasteiger charge is -2.12. The number of sulfonamides is 1. The number of amides is 1. The minimum Gasteiger partial charge on any atom is -0.481 e. The van der Waals surface area contributed by atoms with E-state index in [-0.39, 0.29) is 39.5 Å². The Morgan fingerprint density at radius 2 is 1.84 bits per heavy atom. The van der Waals surface area contributed by atoms with Crippen molar-refractivity contribution in [1.29, 1.82) is 0 Å². The number of hydrogen-bond donors (Lipinski definition) is 3. The van der Waals surface area contributed by atoms with Crippen molar-refractivity contribution in [2.75, 3.05) is 25.7 Å². The third-order valence-corrected chi connectivity index (χ3v) is 8.17. The Morgan fingerprint density at radius 1 is 1.19 bits per heavy atom. The van der Waals surface area contributed by atoms with E-state index in [4.69, 9.17) is 5.11 Å². The molecule has 32 heavy (non-hydrogen) atoms. The zero-order valence-electron chi connectivity index (χ0n) is 17.9. The van der Waals surface area contributed by atoms with Crippen LogP contribution in [0.5, 0.6) is 0 Å². The molecule has 0 spiro atoms. The summed E-state index contributed by atoms with van der Waals surface area (Å²) < 4.78 is 50.7. The molecular formula is C20H23N3O7S2. The highest BCUT2D eigenvalue weighted by Gasteiger charge is 2.29. The van der Waals surface area contributed by atoms with Crippen LogP contribution < -0.4 is 5.32 Å². The minimum absolute atomic E-state index is 0.00533. The summed E-state index contributed by atoms with van der Waals surface area (Å²) in [4.78, 5) is 26.6. The molecule has 2 aromatic rings. The van der Waals surface area contributed by atoms with Crippen molar-refractivity contribution in [2.45, 2.75) is 29.6 Å². The standard InChI is InChI=1S/C20H23N3O7S2/c1-11-19(31(4,27)28)13(6-8-18(24)25)17(21-11)10-15-14-9-12(32(29,30)23(2)3)5-7-16(14)22-20(15)26/h5,7,9-10,21H,6,8H2,1-4H3,(H,22,26)(H,24,25)/b15-10-. The number of aryl methyl sites for hydroxylation is 1. The van der Waals surface area contributed by atoms with Crippen molar-refractivity contribution >= 4 is 49.1 Å². The summed E-state index contributed by atoms with van der Waals surface area (Å²) in [6.45, 7) is 1.55. The number of carbonyl (C=O) groups is 2. The second-order valence-corrected chi connectivity index (χ2v) is 11.7. The largest absolute Gasteiger partial charge is 0.481 e. The Morgan fingerprint density at radius 3 is 2.41 bits per heavy atom. The number of carboxylic acid groups (broad SMARTS) is 1. The number of hydrogen-bond acceptors (Lipinski definition) is 6. The van der Waals surface area contributed by atoms with E-state index in [1.165, 1.54) is 38.4 Å². The first kappa shape index (κ1) is 23.7. The van der Waals surface area contributed by atoms with Crippen molar-refractivity contribution in [3.05, 3.63) is 40.7 Å². The lowest BCUT2D eigenvalue weighted by molar-refractivity contribution is -0.137. The zero-order valence-corrected chi connectivity index (χ0v) is 19.5. The van der Waals surface area contributed by atoms with E-state index < -0.39 is 31.7 Å². The maximum Gasteiger partial charge on any atom is 0.303 e. The quantitative estimate of drug-likeness (QED) is 0.506. The molecule has 1 aromatic carbocycles. The average molecular weight is 482 g/mol. The van der Waals surface area contributed by atoms with Gasteiger partial charge >= 0.3 is 5.97 Å². The second-order valence-electron chi connectivity index (χ2n) is 7.64. The second kappa shape index (κ2) is 8.19. The Kier molecular flexibility index (Phi) is 6.06. The number of carbonyl (C=O) groups excluding carboxylic acids is 1. The molecule has 0 saturated heterocycles. The van der Waals surface area contributed by atoms with Gasteiger partial charge in [0.2, 0.25) is 10.0 Å². The predicted octanol–water partition coefficient (Wildman–Crippen LogP) is 1.49. The van der Waals surface area contributed by atoms with Gasteiger partial charge in [0.1, 0.15) is 0 Å². The smallest absolute Gasteiger partial charge is 0.303 e. The van der Waals surface area contributed by atoms with Gasteiger partial charge < -0.3 is 15.4 Å². The fourth-order valence-electron chi connectivity index (χ4n) is 3.61. The van der Waals surface area contributed by atoms with E-state index in [2.05, 4.69) is 10.3 Å². The number of carboxylic acids is 1. The predicted molar refractivity (Wildman–Crippen MR) is 118 cm³/mol. The van der Waals surface area contributed by atoms with Crippen molar-refractivity contribution in [3.8, 4) is 0 Å². The molecular weight excluding hydrogens is 458 g/mol. The van der Waals surface area contributed by atoms with Crippen molar-refractivity contribution < 1.29 is 31.5 Å². The molecule has 0 fully saturated rings. The Hall–Kier alpha value is -2.96. The Balaban J connectivity index is 2.20. The molecule has 10 nitrogen and oxygen atoms in total. The highest BCUT2D eigenvalue weighted by molar-refractivity contribution is 7.90. The normalized spacial score (nSPS) is 15.3. The van der Waals surface area contributed by atoms with E-state index in [1.54, 1.807) is 6.92 Å². The lowest BCUT2D eigenvalue weighted by Crippen LogP contribution is -2.22. The maximum atomic E-state index is 12.6. The fraction of sp³-hybridized carbons (Fsp3) is 0.300. The minimum atomic E-state index is -3.75. The number of rotatable bonds is 7. The van der Waals surface area contributed by atoms with Gasteiger partial charge in [-0.05, 0) is 43.2 Å². The van der Waals surface area contributed by atoms with Crippen LogP contribution in [0.2, 0.25) is 0 Å². The van der Waals surface area contributed by atoms with Gasteiger partial charge in [-0.3, -0.25) is 9.59 Å². The van der Waals surface area contributed by atoms with Crippen LogP contribution in [0.1, 0.15) is 28.9 Å². The van der Waals surface area contributed by atoms with Crippen LogP contribution >= 0.6 is 0 Å². The first-order valence-corrected chi connectivity index (χ1v) is 12.8. The first-order chi connectivity index (χ1) is 14.7. The van der Waals surface area contributed by atoms with Crippen molar-refractivity contribution in [2.24, 2.45) is 0 Å². The van der Waals surface area contributed by atoms with Crippen LogP contribution in [-0.4, -0.2) is 63.5 Å². The summed E-state index contributed by atoms with van der Waals surface area (Å²) in [5.41, 5.74) is 1.75. The topological polar surface area (TPSA) is 154 Å². The molecule has 0 bridgehead atoms. The number of nitrogens with one attached hydrogen (secondary N) is 2. The number of H-pyrrole nitrogens is 1. The van der Waals surface area contributed by atoms with Crippen molar-refractivity contribution in [3.63, 3.8) is 0 Å². The third kappa shape index (κ3) is 4.33. The SMILES string of the molecule is Cc1[nH]c(/C=C2\C(=O)Nc3ccc(S(=O)(=O)N(C)C)cc32)c(CCC(=O)O)c1S(C)(=O)=O. The van der Waals surface area contributed by atoms with Gasteiger partial charge in [0, 0.05) is 49.4 Å². The molecule has 1 aliphatic heterocycles. The molecule has 1 aliphatic rings. The Labute approximate surface area is 185 Å². The van der Waals surface area contributed by atoms with Crippen LogP contribution in [0.3, 0.4) is 0 Å². The number of sulfone groups is 1. The summed E-state index contributed by atoms with van der Waals surface area (Å²) in [6.07, 6.45) is 2.08. The van der Waals surface area contributed by atoms with Crippen LogP contribution in [0.25, 0.3) is 11.6 Å². The van der Waals surface area contributed by atoms with Crippen molar-refractivity contribution in [1.82, 2.24) is 9.29 Å². The van der Waals surface area contributed by atoms with Gasteiger partial charge in [0.25, 0.3) is 5.91 Å². The molecule has 12 heteroatoms. The van der Waals surface area contributed by atoms with E-state index in [0.29, 0.717) is 16.9 Å². The Bertz CT molecular complexity index is 1370. The molecule has 1 aromatic heterocycles. The third-order valence-electron chi connectivity index (χ3n) is 5.06. The number of anilines is 1.